The second-order valence-corrected chi connectivity index (χ2v) is 11.4. The van der Waals surface area contributed by atoms with Crippen molar-refractivity contribution < 1.29 is 22.3 Å². The number of fused-ring (bicyclic) bond motifs is 1. The molecule has 0 radical (unpaired) electrons. The van der Waals surface area contributed by atoms with E-state index >= 15 is 0 Å². The van der Waals surface area contributed by atoms with E-state index in [4.69, 9.17) is 4.74 Å². The van der Waals surface area contributed by atoms with Crippen LogP contribution in [0.5, 0.6) is 5.75 Å². The van der Waals surface area contributed by atoms with Crippen LogP contribution in [0.25, 0.3) is 0 Å². The monoisotopic (exact) mass is 455 g/mol. The van der Waals surface area contributed by atoms with Crippen molar-refractivity contribution in [3.63, 3.8) is 0 Å². The van der Waals surface area contributed by atoms with Crippen molar-refractivity contribution in [2.24, 2.45) is 0 Å². The first-order chi connectivity index (χ1) is 14.6. The highest BCUT2D eigenvalue weighted by Gasteiger charge is 2.39. The van der Waals surface area contributed by atoms with Crippen molar-refractivity contribution in [3.05, 3.63) is 29.6 Å². The van der Waals surface area contributed by atoms with Crippen LogP contribution in [0, 0.1) is 5.82 Å². The quantitative estimate of drug-likeness (QED) is 0.626. The molecule has 2 aliphatic rings. The number of carbonyl (C=O) groups excluding carboxylic acids is 1. The predicted molar refractivity (Wildman–Crippen MR) is 118 cm³/mol. The van der Waals surface area contributed by atoms with Gasteiger partial charge in [0.1, 0.15) is 17.2 Å². The van der Waals surface area contributed by atoms with E-state index in [-0.39, 0.29) is 5.75 Å². The molecule has 2 unspecified atom stereocenters. The Hall–Kier alpha value is -1.71. The normalized spacial score (nSPS) is 22.3. The van der Waals surface area contributed by atoms with Gasteiger partial charge in [0.2, 0.25) is 0 Å². The molecule has 0 bridgehead atoms. The van der Waals surface area contributed by atoms with Crippen molar-refractivity contribution in [1.82, 2.24) is 15.5 Å². The van der Waals surface area contributed by atoms with Crippen LogP contribution in [0.3, 0.4) is 0 Å². The van der Waals surface area contributed by atoms with Gasteiger partial charge in [-0.1, -0.05) is 13.3 Å². The number of piperidine rings is 1. The van der Waals surface area contributed by atoms with Crippen LogP contribution in [0.4, 0.5) is 4.39 Å². The molecule has 1 amide bonds. The third-order valence-electron chi connectivity index (χ3n) is 5.96. The molecule has 2 heterocycles. The summed E-state index contributed by atoms with van der Waals surface area (Å²) in [4.78, 5) is 15.2. The van der Waals surface area contributed by atoms with Crippen LogP contribution >= 0.6 is 0 Å². The van der Waals surface area contributed by atoms with Gasteiger partial charge in [0.05, 0.1) is 0 Å². The first kappa shape index (κ1) is 23.9. The van der Waals surface area contributed by atoms with Crippen LogP contribution in [0.15, 0.2) is 18.2 Å². The van der Waals surface area contributed by atoms with E-state index in [9.17, 15) is 17.6 Å². The van der Waals surface area contributed by atoms with E-state index in [1.807, 2.05) is 13.8 Å². The fourth-order valence-electron chi connectivity index (χ4n) is 4.28. The van der Waals surface area contributed by atoms with Crippen molar-refractivity contribution >= 4 is 15.7 Å². The molecule has 174 valence electrons. The Morgan fingerprint density at radius 3 is 2.68 bits per heavy atom. The third kappa shape index (κ3) is 6.17. The number of amides is 1. The second-order valence-electron chi connectivity index (χ2n) is 8.99. The lowest BCUT2D eigenvalue weighted by Crippen LogP contribution is -2.53. The predicted octanol–water partition coefficient (Wildman–Crippen LogP) is 2.38. The SMILES string of the molecule is CCS(=O)(=O)C(NC1CC(C)(C)Oc2ccc(F)cc21)C(=O)NCCN1CCCCC1. The molecule has 1 fully saturated rings. The average molecular weight is 456 g/mol. The summed E-state index contributed by atoms with van der Waals surface area (Å²) in [6.45, 7) is 8.39. The van der Waals surface area contributed by atoms with E-state index in [2.05, 4.69) is 15.5 Å². The standard InChI is InChI=1S/C22H34FN3O4S/c1-4-31(28,29)21(20(27)24-10-13-26-11-6-5-7-12-26)25-18-15-22(2,3)30-19-9-8-16(23)14-17(18)19/h8-9,14,18,21,25H,4-7,10-13,15H2,1-3H3,(H,24,27). The Balaban J connectivity index is 1.75. The van der Waals surface area contributed by atoms with Crippen LogP contribution in [0.2, 0.25) is 0 Å². The maximum atomic E-state index is 13.9. The summed E-state index contributed by atoms with van der Waals surface area (Å²) in [5.41, 5.74) is -0.0648. The number of hydrogen-bond acceptors (Lipinski definition) is 6. The number of nitrogens with one attached hydrogen (secondary N) is 2. The number of carbonyl (C=O) groups is 1. The molecule has 3 rings (SSSR count). The Morgan fingerprint density at radius 2 is 2.00 bits per heavy atom. The first-order valence-electron chi connectivity index (χ1n) is 11.1. The molecule has 0 spiro atoms. The Morgan fingerprint density at radius 1 is 1.29 bits per heavy atom. The number of sulfone groups is 1. The summed E-state index contributed by atoms with van der Waals surface area (Å²) in [6, 6.07) is 3.66. The van der Waals surface area contributed by atoms with E-state index in [0.717, 1.165) is 25.9 Å². The third-order valence-corrected chi connectivity index (χ3v) is 7.83. The molecule has 9 heteroatoms. The first-order valence-corrected chi connectivity index (χ1v) is 12.8. The number of halogens is 1. The highest BCUT2D eigenvalue weighted by atomic mass is 32.2. The Bertz CT molecular complexity index is 885. The summed E-state index contributed by atoms with van der Waals surface area (Å²) >= 11 is 0. The minimum atomic E-state index is -3.74. The second kappa shape index (κ2) is 9.83. The Labute approximate surface area is 184 Å². The largest absolute Gasteiger partial charge is 0.487 e. The molecule has 2 N–H and O–H groups in total. The molecule has 2 atom stereocenters. The smallest absolute Gasteiger partial charge is 0.252 e. The molecular weight excluding hydrogens is 421 g/mol. The molecule has 1 saturated heterocycles. The summed E-state index contributed by atoms with van der Waals surface area (Å²) in [6.07, 6.45) is 3.93. The van der Waals surface area contributed by atoms with Crippen molar-refractivity contribution in [3.8, 4) is 5.75 Å². The lowest BCUT2D eigenvalue weighted by atomic mass is 9.89. The molecular formula is C22H34FN3O4S. The summed E-state index contributed by atoms with van der Waals surface area (Å²) < 4.78 is 45.4. The number of rotatable bonds is 8. The van der Waals surface area contributed by atoms with Crippen molar-refractivity contribution in [2.75, 3.05) is 31.9 Å². The fraction of sp³-hybridized carbons (Fsp3) is 0.682. The maximum absolute atomic E-state index is 13.9. The molecule has 1 aromatic carbocycles. The number of ether oxygens (including phenoxy) is 1. The van der Waals surface area contributed by atoms with Gasteiger partial charge in [-0.25, -0.2) is 12.8 Å². The van der Waals surface area contributed by atoms with Gasteiger partial charge in [0, 0.05) is 36.9 Å². The highest BCUT2D eigenvalue weighted by molar-refractivity contribution is 7.92. The number of likely N-dealkylation sites (tertiary alicyclic amines) is 1. The van der Waals surface area contributed by atoms with Gasteiger partial charge >= 0.3 is 0 Å². The van der Waals surface area contributed by atoms with E-state index in [1.165, 1.54) is 25.5 Å². The van der Waals surface area contributed by atoms with Crippen molar-refractivity contribution in [1.29, 1.82) is 0 Å². The number of hydrogen-bond donors (Lipinski definition) is 2. The zero-order valence-corrected chi connectivity index (χ0v) is 19.4. The summed E-state index contributed by atoms with van der Waals surface area (Å²) in [5.74, 6) is -0.684. The minimum Gasteiger partial charge on any atom is -0.487 e. The zero-order valence-electron chi connectivity index (χ0n) is 18.6. The van der Waals surface area contributed by atoms with E-state index in [0.29, 0.717) is 30.8 Å². The molecule has 31 heavy (non-hydrogen) atoms. The molecule has 7 nitrogen and oxygen atoms in total. The van der Waals surface area contributed by atoms with Gasteiger partial charge in [-0.15, -0.1) is 0 Å². The summed E-state index contributed by atoms with van der Waals surface area (Å²) in [7, 11) is -3.74. The van der Waals surface area contributed by atoms with Crippen LogP contribution < -0.4 is 15.4 Å². The van der Waals surface area contributed by atoms with Gasteiger partial charge in [-0.2, -0.15) is 0 Å². The molecule has 1 aromatic rings. The highest BCUT2D eigenvalue weighted by Crippen LogP contribution is 2.40. The van der Waals surface area contributed by atoms with Gasteiger partial charge in [-0.3, -0.25) is 10.1 Å². The molecule has 0 saturated carbocycles. The van der Waals surface area contributed by atoms with Gasteiger partial charge in [-0.05, 0) is 58.0 Å². The maximum Gasteiger partial charge on any atom is 0.252 e. The van der Waals surface area contributed by atoms with Crippen LogP contribution in [-0.4, -0.2) is 62.1 Å². The molecule has 0 aliphatic carbocycles. The number of benzene rings is 1. The van der Waals surface area contributed by atoms with Crippen LogP contribution in [0.1, 0.15) is 58.1 Å². The molecule has 2 aliphatic heterocycles. The van der Waals surface area contributed by atoms with Crippen molar-refractivity contribution in [2.45, 2.75) is 63.5 Å². The summed E-state index contributed by atoms with van der Waals surface area (Å²) in [5, 5.41) is 4.39. The lowest BCUT2D eigenvalue weighted by Gasteiger charge is -2.39. The van der Waals surface area contributed by atoms with Gasteiger partial charge < -0.3 is 15.0 Å². The molecule has 0 aromatic heterocycles. The lowest BCUT2D eigenvalue weighted by molar-refractivity contribution is -0.121. The van der Waals surface area contributed by atoms with E-state index in [1.54, 1.807) is 6.07 Å². The zero-order chi connectivity index (χ0) is 22.6. The average Bonchev–Trinajstić information content (AvgIpc) is 2.72. The van der Waals surface area contributed by atoms with Crippen LogP contribution in [-0.2, 0) is 14.6 Å². The number of nitrogens with zero attached hydrogens (tertiary/aromatic N) is 1. The minimum absolute atomic E-state index is 0.174. The Kier molecular flexibility index (Phi) is 7.59. The van der Waals surface area contributed by atoms with E-state index < -0.39 is 38.6 Å². The fourth-order valence-corrected chi connectivity index (χ4v) is 5.39. The van der Waals surface area contributed by atoms with Gasteiger partial charge in [0.25, 0.3) is 5.91 Å². The van der Waals surface area contributed by atoms with Gasteiger partial charge in [0.15, 0.2) is 15.2 Å². The topological polar surface area (TPSA) is 87.7 Å².